The van der Waals surface area contributed by atoms with E-state index in [4.69, 9.17) is 4.74 Å². The van der Waals surface area contributed by atoms with Crippen molar-refractivity contribution in [2.75, 3.05) is 25.6 Å². The molecule has 1 unspecified atom stereocenters. The van der Waals surface area contributed by atoms with Crippen LogP contribution in [-0.4, -0.2) is 20.3 Å². The average molecular weight is 215 g/mol. The molecule has 0 aromatic heterocycles. The van der Waals surface area contributed by atoms with Gasteiger partial charge < -0.3 is 10.1 Å². The van der Waals surface area contributed by atoms with Gasteiger partial charge in [0.2, 0.25) is 0 Å². The molecule has 0 aliphatic carbocycles. The van der Waals surface area contributed by atoms with Crippen molar-refractivity contribution in [2.45, 2.75) is 6.92 Å². The molecule has 15 heavy (non-hydrogen) atoms. The van der Waals surface area contributed by atoms with E-state index in [0.717, 1.165) is 12.1 Å². The molecule has 0 spiro atoms. The van der Waals surface area contributed by atoms with Crippen LogP contribution in [0.25, 0.3) is 0 Å². The molecule has 4 heteroatoms. The Morgan fingerprint density at radius 1 is 1.33 bits per heavy atom. The summed E-state index contributed by atoms with van der Waals surface area (Å²) in [5.74, 6) is -1.34. The fraction of sp³-hybridized carbons (Fsp3) is 0.455. The Labute approximate surface area is 88.3 Å². The second kappa shape index (κ2) is 5.66. The van der Waals surface area contributed by atoms with Crippen molar-refractivity contribution in [3.63, 3.8) is 0 Å². The highest BCUT2D eigenvalue weighted by atomic mass is 19.2. The largest absolute Gasteiger partial charge is 0.385 e. The van der Waals surface area contributed by atoms with E-state index in [1.165, 1.54) is 6.07 Å². The Balaban J connectivity index is 2.47. The zero-order valence-corrected chi connectivity index (χ0v) is 8.89. The van der Waals surface area contributed by atoms with Crippen molar-refractivity contribution in [1.82, 2.24) is 0 Å². The summed E-state index contributed by atoms with van der Waals surface area (Å²) < 4.78 is 30.4. The van der Waals surface area contributed by atoms with Crippen LogP contribution in [-0.2, 0) is 4.74 Å². The summed E-state index contributed by atoms with van der Waals surface area (Å²) in [4.78, 5) is 0. The number of halogens is 2. The van der Waals surface area contributed by atoms with Gasteiger partial charge in [0.1, 0.15) is 0 Å². The lowest BCUT2D eigenvalue weighted by Crippen LogP contribution is -2.15. The van der Waals surface area contributed by atoms with Gasteiger partial charge >= 0.3 is 0 Å². The van der Waals surface area contributed by atoms with Crippen LogP contribution in [0, 0.1) is 17.6 Å². The van der Waals surface area contributed by atoms with Crippen molar-refractivity contribution >= 4 is 5.69 Å². The summed E-state index contributed by atoms with van der Waals surface area (Å²) >= 11 is 0. The molecule has 0 bridgehead atoms. The van der Waals surface area contributed by atoms with Gasteiger partial charge in [0.25, 0.3) is 0 Å². The molecule has 0 aliphatic rings. The number of benzene rings is 1. The average Bonchev–Trinajstić information content (AvgIpc) is 2.20. The molecule has 84 valence electrons. The first kappa shape index (κ1) is 11.9. The monoisotopic (exact) mass is 215 g/mol. The van der Waals surface area contributed by atoms with Gasteiger partial charge in [-0.15, -0.1) is 0 Å². The fourth-order valence-electron chi connectivity index (χ4n) is 1.24. The molecule has 1 N–H and O–H groups in total. The van der Waals surface area contributed by atoms with Gasteiger partial charge in [-0.1, -0.05) is 6.92 Å². The van der Waals surface area contributed by atoms with Crippen LogP contribution in [0.3, 0.4) is 0 Å². The van der Waals surface area contributed by atoms with Crippen molar-refractivity contribution < 1.29 is 13.5 Å². The lowest BCUT2D eigenvalue weighted by Gasteiger charge is -2.12. The maximum absolute atomic E-state index is 12.8. The van der Waals surface area contributed by atoms with Crippen molar-refractivity contribution in [1.29, 1.82) is 0 Å². The second-order valence-corrected chi connectivity index (χ2v) is 3.57. The van der Waals surface area contributed by atoms with Gasteiger partial charge in [-0.05, 0) is 24.1 Å². The molecule has 1 aromatic carbocycles. The minimum Gasteiger partial charge on any atom is -0.385 e. The summed E-state index contributed by atoms with van der Waals surface area (Å²) in [5.41, 5.74) is 0.580. The number of nitrogens with one attached hydrogen (secondary N) is 1. The third-order valence-corrected chi connectivity index (χ3v) is 2.03. The minimum atomic E-state index is -0.834. The lowest BCUT2D eigenvalue weighted by atomic mass is 10.2. The number of hydrogen-bond donors (Lipinski definition) is 1. The highest BCUT2D eigenvalue weighted by Gasteiger charge is 2.04. The number of hydrogen-bond acceptors (Lipinski definition) is 2. The van der Waals surface area contributed by atoms with E-state index >= 15 is 0 Å². The first-order chi connectivity index (χ1) is 7.13. The summed E-state index contributed by atoms with van der Waals surface area (Å²) in [6.45, 7) is 3.31. The Kier molecular flexibility index (Phi) is 4.49. The van der Waals surface area contributed by atoms with Crippen molar-refractivity contribution in [3.05, 3.63) is 29.8 Å². The quantitative estimate of drug-likeness (QED) is 0.815. The Hall–Kier alpha value is -1.16. The molecule has 0 aliphatic heterocycles. The summed E-state index contributed by atoms with van der Waals surface area (Å²) in [5, 5.41) is 3.01. The van der Waals surface area contributed by atoms with Gasteiger partial charge in [0.15, 0.2) is 11.6 Å². The first-order valence-corrected chi connectivity index (χ1v) is 4.81. The van der Waals surface area contributed by atoms with Crippen molar-refractivity contribution in [2.24, 2.45) is 5.92 Å². The van der Waals surface area contributed by atoms with Gasteiger partial charge in [-0.25, -0.2) is 8.78 Å². The third-order valence-electron chi connectivity index (χ3n) is 2.03. The van der Waals surface area contributed by atoms with E-state index < -0.39 is 11.6 Å². The zero-order valence-electron chi connectivity index (χ0n) is 8.89. The van der Waals surface area contributed by atoms with Crippen LogP contribution in [0.2, 0.25) is 0 Å². The fourth-order valence-corrected chi connectivity index (χ4v) is 1.24. The van der Waals surface area contributed by atoms with Gasteiger partial charge in [-0.2, -0.15) is 0 Å². The maximum Gasteiger partial charge on any atom is 0.160 e. The van der Waals surface area contributed by atoms with E-state index in [2.05, 4.69) is 5.32 Å². The summed E-state index contributed by atoms with van der Waals surface area (Å²) in [7, 11) is 1.63. The van der Waals surface area contributed by atoms with Gasteiger partial charge in [0, 0.05) is 19.3 Å². The van der Waals surface area contributed by atoms with Crippen LogP contribution < -0.4 is 5.32 Å². The molecule has 0 saturated carbocycles. The topological polar surface area (TPSA) is 21.3 Å². The summed E-state index contributed by atoms with van der Waals surface area (Å²) in [6.07, 6.45) is 0. The molecular weight excluding hydrogens is 200 g/mol. The van der Waals surface area contributed by atoms with Crippen LogP contribution in [0.15, 0.2) is 18.2 Å². The summed E-state index contributed by atoms with van der Waals surface area (Å²) in [6, 6.07) is 3.77. The van der Waals surface area contributed by atoms with Gasteiger partial charge in [0.05, 0.1) is 6.61 Å². The number of ether oxygens (including phenoxy) is 1. The van der Waals surface area contributed by atoms with E-state index in [1.807, 2.05) is 6.92 Å². The molecule has 0 radical (unpaired) electrons. The predicted octanol–water partition coefficient (Wildman–Crippen LogP) is 2.66. The van der Waals surface area contributed by atoms with E-state index in [9.17, 15) is 8.78 Å². The van der Waals surface area contributed by atoms with E-state index in [-0.39, 0.29) is 0 Å². The Bertz CT molecular complexity index is 317. The molecular formula is C11H15F2NO. The van der Waals surface area contributed by atoms with Gasteiger partial charge in [-0.3, -0.25) is 0 Å². The minimum absolute atomic E-state index is 0.322. The number of methoxy groups -OCH3 is 1. The second-order valence-electron chi connectivity index (χ2n) is 3.57. The maximum atomic E-state index is 12.8. The molecule has 2 nitrogen and oxygen atoms in total. The van der Waals surface area contributed by atoms with E-state index in [1.54, 1.807) is 7.11 Å². The van der Waals surface area contributed by atoms with Crippen molar-refractivity contribution in [3.8, 4) is 0 Å². The number of anilines is 1. The molecule has 0 saturated heterocycles. The smallest absolute Gasteiger partial charge is 0.160 e. The molecule has 0 amide bonds. The molecule has 1 rings (SSSR count). The third kappa shape index (κ3) is 3.83. The first-order valence-electron chi connectivity index (χ1n) is 4.81. The molecule has 1 atom stereocenters. The van der Waals surface area contributed by atoms with Crippen LogP contribution in [0.4, 0.5) is 14.5 Å². The molecule has 0 heterocycles. The van der Waals surface area contributed by atoms with Crippen LogP contribution >= 0.6 is 0 Å². The molecule has 1 aromatic rings. The standard InChI is InChI=1S/C11H15F2NO/c1-8(7-15-2)6-14-9-3-4-10(12)11(13)5-9/h3-5,8,14H,6-7H2,1-2H3. The Morgan fingerprint density at radius 2 is 2.07 bits per heavy atom. The zero-order chi connectivity index (χ0) is 11.3. The SMILES string of the molecule is COCC(C)CNc1ccc(F)c(F)c1. The molecule has 0 fully saturated rings. The lowest BCUT2D eigenvalue weighted by molar-refractivity contribution is 0.164. The normalized spacial score (nSPS) is 12.5. The highest BCUT2D eigenvalue weighted by Crippen LogP contribution is 2.13. The highest BCUT2D eigenvalue weighted by molar-refractivity contribution is 5.43. The Morgan fingerprint density at radius 3 is 2.67 bits per heavy atom. The van der Waals surface area contributed by atoms with Crippen LogP contribution in [0.1, 0.15) is 6.92 Å². The van der Waals surface area contributed by atoms with Crippen LogP contribution in [0.5, 0.6) is 0 Å². The van der Waals surface area contributed by atoms with E-state index in [0.29, 0.717) is 24.8 Å². The number of rotatable bonds is 5. The predicted molar refractivity (Wildman–Crippen MR) is 55.9 cm³/mol.